The number of thiophene rings is 1. The second kappa shape index (κ2) is 6.02. The SMILES string of the molecule is Cc1sc2ncnc(N/N=C/c3cc(Br)ccc3O)c2c1C. The number of phenols is 1. The molecular weight excluding hydrogens is 364 g/mol. The summed E-state index contributed by atoms with van der Waals surface area (Å²) < 4.78 is 0.875. The molecule has 0 bridgehead atoms. The highest BCUT2D eigenvalue weighted by molar-refractivity contribution is 9.10. The smallest absolute Gasteiger partial charge is 0.158 e. The Bertz CT molecular complexity index is 875. The zero-order valence-electron chi connectivity index (χ0n) is 12.0. The topological polar surface area (TPSA) is 70.4 Å². The molecule has 2 N–H and O–H groups in total. The van der Waals surface area contributed by atoms with Gasteiger partial charge in [0.2, 0.25) is 0 Å². The molecule has 0 saturated carbocycles. The van der Waals surface area contributed by atoms with E-state index in [1.807, 2.05) is 6.92 Å². The average molecular weight is 377 g/mol. The number of hydrogen-bond donors (Lipinski definition) is 2. The maximum Gasteiger partial charge on any atom is 0.158 e. The molecule has 0 unspecified atom stereocenters. The third kappa shape index (κ3) is 2.82. The number of aromatic hydroxyl groups is 1. The molecule has 0 aliphatic heterocycles. The molecule has 5 nitrogen and oxygen atoms in total. The van der Waals surface area contributed by atoms with Crippen LogP contribution in [0.3, 0.4) is 0 Å². The number of nitrogens with zero attached hydrogens (tertiary/aromatic N) is 3. The van der Waals surface area contributed by atoms with Crippen LogP contribution in [0.2, 0.25) is 0 Å². The number of nitrogens with one attached hydrogen (secondary N) is 1. The van der Waals surface area contributed by atoms with Gasteiger partial charge in [0.25, 0.3) is 0 Å². The van der Waals surface area contributed by atoms with Gasteiger partial charge in [-0.1, -0.05) is 15.9 Å². The molecule has 0 radical (unpaired) electrons. The molecular formula is C15H13BrN4OS. The number of aromatic nitrogens is 2. The lowest BCUT2D eigenvalue weighted by Crippen LogP contribution is -1.95. The molecule has 22 heavy (non-hydrogen) atoms. The van der Waals surface area contributed by atoms with Gasteiger partial charge >= 0.3 is 0 Å². The first-order valence-electron chi connectivity index (χ1n) is 6.54. The van der Waals surface area contributed by atoms with Crippen LogP contribution < -0.4 is 5.43 Å². The van der Waals surface area contributed by atoms with Crippen LogP contribution in [0.5, 0.6) is 5.75 Å². The van der Waals surface area contributed by atoms with E-state index in [1.165, 1.54) is 11.2 Å². The molecule has 1 aromatic carbocycles. The molecule has 2 aromatic heterocycles. The predicted octanol–water partition coefficient (Wildman–Crippen LogP) is 4.22. The second-order valence-corrected chi connectivity index (χ2v) is 6.88. The third-order valence-corrected chi connectivity index (χ3v) is 4.94. The average Bonchev–Trinajstić information content (AvgIpc) is 2.79. The fraction of sp³-hybridized carbons (Fsp3) is 0.133. The first-order chi connectivity index (χ1) is 10.6. The lowest BCUT2D eigenvalue weighted by molar-refractivity contribution is 0.474. The van der Waals surface area contributed by atoms with Crippen molar-refractivity contribution in [2.75, 3.05) is 5.43 Å². The summed E-state index contributed by atoms with van der Waals surface area (Å²) in [7, 11) is 0. The number of hydrazone groups is 1. The summed E-state index contributed by atoms with van der Waals surface area (Å²) >= 11 is 5.00. The highest BCUT2D eigenvalue weighted by Crippen LogP contribution is 2.32. The lowest BCUT2D eigenvalue weighted by Gasteiger charge is -2.03. The molecule has 0 spiro atoms. The first-order valence-corrected chi connectivity index (χ1v) is 8.15. The number of rotatable bonds is 3. The first kappa shape index (κ1) is 14.9. The van der Waals surface area contributed by atoms with Crippen molar-refractivity contribution in [3.05, 3.63) is 45.0 Å². The number of fused-ring (bicyclic) bond motifs is 1. The van der Waals surface area contributed by atoms with Gasteiger partial charge in [0.15, 0.2) is 5.82 Å². The molecule has 0 saturated heterocycles. The highest BCUT2D eigenvalue weighted by atomic mass is 79.9. The minimum absolute atomic E-state index is 0.171. The number of phenolic OH excluding ortho intramolecular Hbond substituents is 1. The van der Waals surface area contributed by atoms with Crippen molar-refractivity contribution >= 4 is 49.5 Å². The van der Waals surface area contributed by atoms with Crippen LogP contribution in [0.25, 0.3) is 10.2 Å². The van der Waals surface area contributed by atoms with E-state index in [0.29, 0.717) is 11.4 Å². The maximum atomic E-state index is 9.79. The van der Waals surface area contributed by atoms with Crippen molar-refractivity contribution < 1.29 is 5.11 Å². The number of anilines is 1. The van der Waals surface area contributed by atoms with Crippen LogP contribution in [0, 0.1) is 13.8 Å². The monoisotopic (exact) mass is 376 g/mol. The third-order valence-electron chi connectivity index (χ3n) is 3.33. The van der Waals surface area contributed by atoms with Gasteiger partial charge in [-0.15, -0.1) is 11.3 Å². The Kier molecular flexibility index (Phi) is 4.08. The Morgan fingerprint density at radius 2 is 2.14 bits per heavy atom. The van der Waals surface area contributed by atoms with E-state index in [2.05, 4.69) is 43.3 Å². The van der Waals surface area contributed by atoms with E-state index in [0.717, 1.165) is 20.3 Å². The minimum Gasteiger partial charge on any atom is -0.507 e. The Morgan fingerprint density at radius 1 is 1.32 bits per heavy atom. The van der Waals surface area contributed by atoms with Crippen LogP contribution in [0.4, 0.5) is 5.82 Å². The fourth-order valence-electron chi connectivity index (χ4n) is 2.06. The van der Waals surface area contributed by atoms with Gasteiger partial charge in [0, 0.05) is 14.9 Å². The van der Waals surface area contributed by atoms with E-state index in [9.17, 15) is 5.11 Å². The van der Waals surface area contributed by atoms with Crippen LogP contribution in [0.15, 0.2) is 34.1 Å². The predicted molar refractivity (Wildman–Crippen MR) is 93.9 cm³/mol. The number of aryl methyl sites for hydroxylation is 2. The summed E-state index contributed by atoms with van der Waals surface area (Å²) in [4.78, 5) is 10.7. The molecule has 0 amide bonds. The summed E-state index contributed by atoms with van der Waals surface area (Å²) in [6, 6.07) is 5.17. The number of hydrogen-bond acceptors (Lipinski definition) is 6. The van der Waals surface area contributed by atoms with Crippen molar-refractivity contribution in [3.8, 4) is 5.75 Å². The van der Waals surface area contributed by atoms with E-state index in [1.54, 1.807) is 35.8 Å². The highest BCUT2D eigenvalue weighted by Gasteiger charge is 2.11. The molecule has 7 heteroatoms. The van der Waals surface area contributed by atoms with Crippen molar-refractivity contribution in [1.82, 2.24) is 9.97 Å². The van der Waals surface area contributed by atoms with Gasteiger partial charge < -0.3 is 5.11 Å². The van der Waals surface area contributed by atoms with Gasteiger partial charge in [-0.2, -0.15) is 5.10 Å². The Labute approximate surface area is 139 Å². The Balaban J connectivity index is 1.91. The van der Waals surface area contributed by atoms with Crippen molar-refractivity contribution in [2.45, 2.75) is 13.8 Å². The molecule has 3 aromatic rings. The zero-order chi connectivity index (χ0) is 15.7. The van der Waals surface area contributed by atoms with Gasteiger partial charge in [0.05, 0.1) is 11.6 Å². The molecule has 112 valence electrons. The largest absolute Gasteiger partial charge is 0.507 e. The number of halogens is 1. The standard InChI is InChI=1S/C15H13BrN4OS/c1-8-9(2)22-15-13(8)14(17-7-18-15)20-19-6-10-5-11(16)3-4-12(10)21/h3-7,21H,1-2H3,(H,17,18,20)/b19-6+. The Hall–Kier alpha value is -1.99. The molecule has 0 fully saturated rings. The summed E-state index contributed by atoms with van der Waals surface area (Å²) in [5.41, 5.74) is 4.71. The lowest BCUT2D eigenvalue weighted by atomic mass is 10.2. The molecule has 0 aliphatic rings. The van der Waals surface area contributed by atoms with Crippen LogP contribution in [0.1, 0.15) is 16.0 Å². The van der Waals surface area contributed by atoms with Crippen molar-refractivity contribution in [1.29, 1.82) is 0 Å². The summed E-state index contributed by atoms with van der Waals surface area (Å²) in [6.07, 6.45) is 3.08. The maximum absolute atomic E-state index is 9.79. The molecule has 0 atom stereocenters. The second-order valence-electron chi connectivity index (χ2n) is 4.76. The number of benzene rings is 1. The normalized spacial score (nSPS) is 11.4. The minimum atomic E-state index is 0.171. The van der Waals surface area contributed by atoms with Crippen LogP contribution >= 0.6 is 27.3 Å². The molecule has 0 aliphatic carbocycles. The van der Waals surface area contributed by atoms with Crippen LogP contribution in [-0.2, 0) is 0 Å². The fourth-order valence-corrected chi connectivity index (χ4v) is 3.43. The summed E-state index contributed by atoms with van der Waals surface area (Å²) in [6.45, 7) is 4.11. The summed E-state index contributed by atoms with van der Waals surface area (Å²) in [5, 5.41) is 14.9. The Morgan fingerprint density at radius 3 is 2.95 bits per heavy atom. The summed E-state index contributed by atoms with van der Waals surface area (Å²) in [5.74, 6) is 0.835. The quantitative estimate of drug-likeness (QED) is 0.530. The van der Waals surface area contributed by atoms with E-state index < -0.39 is 0 Å². The van der Waals surface area contributed by atoms with Gasteiger partial charge in [0.1, 0.15) is 16.9 Å². The van der Waals surface area contributed by atoms with Gasteiger partial charge in [-0.05, 0) is 37.6 Å². The van der Waals surface area contributed by atoms with Gasteiger partial charge in [-0.25, -0.2) is 9.97 Å². The van der Waals surface area contributed by atoms with Crippen molar-refractivity contribution in [2.24, 2.45) is 5.10 Å². The van der Waals surface area contributed by atoms with E-state index in [-0.39, 0.29) is 5.75 Å². The van der Waals surface area contributed by atoms with Gasteiger partial charge in [-0.3, -0.25) is 5.43 Å². The van der Waals surface area contributed by atoms with E-state index >= 15 is 0 Å². The molecule has 3 rings (SSSR count). The van der Waals surface area contributed by atoms with Crippen molar-refractivity contribution in [3.63, 3.8) is 0 Å². The van der Waals surface area contributed by atoms with E-state index in [4.69, 9.17) is 0 Å². The zero-order valence-corrected chi connectivity index (χ0v) is 14.4. The van der Waals surface area contributed by atoms with Crippen LogP contribution in [-0.4, -0.2) is 21.3 Å². The molecule has 2 heterocycles.